The molecule has 1 aromatic carbocycles. The van der Waals surface area contributed by atoms with Crippen molar-refractivity contribution in [1.29, 1.82) is 0 Å². The van der Waals surface area contributed by atoms with Crippen molar-refractivity contribution in [2.24, 2.45) is 5.92 Å². The van der Waals surface area contributed by atoms with E-state index >= 15 is 0 Å². The molecule has 0 spiro atoms. The van der Waals surface area contributed by atoms with Gasteiger partial charge in [0.15, 0.2) is 0 Å². The molecular weight excluding hydrogens is 368 g/mol. The molecule has 0 bridgehead atoms. The van der Waals surface area contributed by atoms with Crippen LogP contribution in [0.25, 0.3) is 11.0 Å². The van der Waals surface area contributed by atoms with E-state index in [1.54, 1.807) is 6.07 Å². The van der Waals surface area contributed by atoms with Crippen molar-refractivity contribution < 1.29 is 13.9 Å². The number of benzene rings is 1. The lowest BCUT2D eigenvalue weighted by molar-refractivity contribution is 0.0949. The van der Waals surface area contributed by atoms with Gasteiger partial charge in [-0.05, 0) is 36.2 Å². The Morgan fingerprint density at radius 1 is 1.21 bits per heavy atom. The molecule has 5 N–H and O–H groups in total. The molecule has 0 saturated carbocycles. The fourth-order valence-electron chi connectivity index (χ4n) is 2.54. The summed E-state index contributed by atoms with van der Waals surface area (Å²) in [4.78, 5) is 16.2. The maximum Gasteiger partial charge on any atom is 0.255 e. The number of hydrogen-bond donors (Lipinski definition) is 3. The highest BCUT2D eigenvalue weighted by Crippen LogP contribution is 2.25. The number of nitrogens with two attached hydrogens (primary N) is 2. The Morgan fingerprint density at radius 3 is 2.66 bits per heavy atom. The summed E-state index contributed by atoms with van der Waals surface area (Å²) in [7, 11) is 0. The van der Waals surface area contributed by atoms with Crippen molar-refractivity contribution in [3.8, 4) is 5.75 Å². The molecular formula is C22H30N4O3. The molecule has 2 heterocycles. The van der Waals surface area contributed by atoms with Crippen LogP contribution in [0.1, 0.15) is 50.2 Å². The minimum absolute atomic E-state index is 0.0974. The molecule has 2 aromatic heterocycles. The molecule has 0 aliphatic rings. The zero-order chi connectivity index (χ0) is 21.4. The lowest BCUT2D eigenvalue weighted by atomic mass is 10.1. The second-order valence-corrected chi connectivity index (χ2v) is 6.59. The summed E-state index contributed by atoms with van der Waals surface area (Å²) in [6.07, 6.45) is 1.07. The van der Waals surface area contributed by atoms with E-state index in [0.717, 1.165) is 23.1 Å². The number of carbonyl (C=O) groups excluding carboxylic acids is 1. The van der Waals surface area contributed by atoms with Crippen LogP contribution >= 0.6 is 0 Å². The van der Waals surface area contributed by atoms with E-state index in [1.807, 2.05) is 38.1 Å². The minimum atomic E-state index is -0.335. The Balaban J connectivity index is 0.00000145. The number of nitrogens with one attached hydrogen (secondary N) is 1. The maximum atomic E-state index is 12.3. The summed E-state index contributed by atoms with van der Waals surface area (Å²) in [5, 5.41) is 3.72. The first-order chi connectivity index (χ1) is 14.0. The minimum Gasteiger partial charge on any atom is -0.493 e. The van der Waals surface area contributed by atoms with E-state index in [0.29, 0.717) is 18.3 Å². The number of nitrogen functional groups attached to an aromatic ring is 2. The van der Waals surface area contributed by atoms with Crippen molar-refractivity contribution in [3.05, 3.63) is 47.7 Å². The summed E-state index contributed by atoms with van der Waals surface area (Å²) >= 11 is 0. The Bertz CT molecular complexity index is 952. The van der Waals surface area contributed by atoms with Crippen LogP contribution in [0.5, 0.6) is 5.75 Å². The second kappa shape index (κ2) is 10.4. The highest BCUT2D eigenvalue weighted by Gasteiger charge is 2.12. The van der Waals surface area contributed by atoms with Crippen molar-refractivity contribution >= 4 is 28.5 Å². The molecule has 3 rings (SSSR count). The van der Waals surface area contributed by atoms with Gasteiger partial charge in [0, 0.05) is 11.5 Å². The normalized spacial score (nSPS) is 11.4. The molecule has 1 unspecified atom stereocenters. The molecule has 7 heteroatoms. The number of pyridine rings is 1. The number of furan rings is 1. The summed E-state index contributed by atoms with van der Waals surface area (Å²) in [5.41, 5.74) is 12.3. The monoisotopic (exact) mass is 398 g/mol. The van der Waals surface area contributed by atoms with E-state index in [-0.39, 0.29) is 29.7 Å². The number of hydrogen-bond acceptors (Lipinski definition) is 6. The number of ether oxygens (including phenoxy) is 1. The fraction of sp³-hybridized carbons (Fsp3) is 0.364. The Morgan fingerprint density at radius 2 is 1.97 bits per heavy atom. The lowest BCUT2D eigenvalue weighted by Crippen LogP contribution is -2.24. The molecule has 0 fully saturated rings. The SMILES string of the molecule is CC.CCC(C)COc1ccc2cc(CNC(=O)c3ccc(N)nc3N)oc2c1. The van der Waals surface area contributed by atoms with Gasteiger partial charge in [-0.3, -0.25) is 4.79 Å². The average molecular weight is 399 g/mol. The van der Waals surface area contributed by atoms with Gasteiger partial charge in [-0.15, -0.1) is 0 Å². The first-order valence-electron chi connectivity index (χ1n) is 9.91. The fourth-order valence-corrected chi connectivity index (χ4v) is 2.54. The van der Waals surface area contributed by atoms with Crippen LogP contribution in [-0.2, 0) is 6.54 Å². The first-order valence-corrected chi connectivity index (χ1v) is 9.91. The molecule has 1 amide bonds. The van der Waals surface area contributed by atoms with Crippen LogP contribution in [0, 0.1) is 5.92 Å². The first kappa shape index (κ1) is 22.1. The zero-order valence-electron chi connectivity index (χ0n) is 17.5. The predicted molar refractivity (Wildman–Crippen MR) is 117 cm³/mol. The molecule has 0 aliphatic carbocycles. The van der Waals surface area contributed by atoms with Crippen LogP contribution in [0.2, 0.25) is 0 Å². The van der Waals surface area contributed by atoms with Crippen molar-refractivity contribution in [3.63, 3.8) is 0 Å². The summed E-state index contributed by atoms with van der Waals surface area (Å²) in [5.74, 6) is 1.94. The number of amides is 1. The van der Waals surface area contributed by atoms with Crippen LogP contribution in [-0.4, -0.2) is 17.5 Å². The maximum absolute atomic E-state index is 12.3. The number of nitrogens with zero attached hydrogens (tertiary/aromatic N) is 1. The highest BCUT2D eigenvalue weighted by atomic mass is 16.5. The summed E-state index contributed by atoms with van der Waals surface area (Å²) in [6, 6.07) is 10.7. The van der Waals surface area contributed by atoms with Gasteiger partial charge in [0.25, 0.3) is 5.91 Å². The molecule has 0 aliphatic heterocycles. The number of carbonyl (C=O) groups is 1. The zero-order valence-corrected chi connectivity index (χ0v) is 17.5. The van der Waals surface area contributed by atoms with Gasteiger partial charge in [-0.1, -0.05) is 34.1 Å². The Kier molecular flexibility index (Phi) is 7.88. The molecule has 0 radical (unpaired) electrons. The summed E-state index contributed by atoms with van der Waals surface area (Å²) < 4.78 is 11.6. The smallest absolute Gasteiger partial charge is 0.255 e. The van der Waals surface area contributed by atoms with E-state index in [9.17, 15) is 4.79 Å². The highest BCUT2D eigenvalue weighted by molar-refractivity contribution is 5.98. The van der Waals surface area contributed by atoms with E-state index < -0.39 is 0 Å². The molecule has 29 heavy (non-hydrogen) atoms. The molecule has 156 valence electrons. The van der Waals surface area contributed by atoms with Gasteiger partial charge in [0.1, 0.15) is 28.7 Å². The molecule has 7 nitrogen and oxygen atoms in total. The predicted octanol–water partition coefficient (Wildman–Crippen LogP) is 4.37. The topological polar surface area (TPSA) is 116 Å². The van der Waals surface area contributed by atoms with Gasteiger partial charge in [-0.25, -0.2) is 4.98 Å². The standard InChI is InChI=1S/C20H24N4O3.C2H6/c1-3-12(2)11-26-14-5-4-13-8-15(27-17(13)9-14)10-23-20(25)16-6-7-18(21)24-19(16)22;1-2/h4-9,12H,3,10-11H2,1-2H3,(H,23,25)(H4,21,22,24);1-2H3. The van der Waals surface area contributed by atoms with Gasteiger partial charge in [0.05, 0.1) is 18.7 Å². The largest absolute Gasteiger partial charge is 0.493 e. The molecule has 0 saturated heterocycles. The third kappa shape index (κ3) is 5.88. The van der Waals surface area contributed by atoms with Gasteiger partial charge in [-0.2, -0.15) is 0 Å². The number of fused-ring (bicyclic) bond motifs is 1. The third-order valence-electron chi connectivity index (χ3n) is 4.39. The van der Waals surface area contributed by atoms with E-state index in [4.69, 9.17) is 20.6 Å². The van der Waals surface area contributed by atoms with E-state index in [2.05, 4.69) is 24.1 Å². The Labute approximate surface area is 171 Å². The number of aromatic nitrogens is 1. The van der Waals surface area contributed by atoms with Crippen LogP contribution < -0.4 is 21.5 Å². The van der Waals surface area contributed by atoms with Crippen molar-refractivity contribution in [2.45, 2.75) is 40.7 Å². The van der Waals surface area contributed by atoms with Crippen molar-refractivity contribution in [1.82, 2.24) is 10.3 Å². The Hall–Kier alpha value is -3.22. The average Bonchev–Trinajstić information content (AvgIpc) is 3.14. The van der Waals surface area contributed by atoms with Crippen molar-refractivity contribution in [2.75, 3.05) is 18.1 Å². The number of rotatable bonds is 7. The number of anilines is 2. The van der Waals surface area contributed by atoms with Gasteiger partial charge >= 0.3 is 0 Å². The van der Waals surface area contributed by atoms with Crippen LogP contribution in [0.15, 0.2) is 40.8 Å². The van der Waals surface area contributed by atoms with Gasteiger partial charge < -0.3 is 25.9 Å². The second-order valence-electron chi connectivity index (χ2n) is 6.59. The molecule has 1 atom stereocenters. The quantitative estimate of drug-likeness (QED) is 0.544. The summed E-state index contributed by atoms with van der Waals surface area (Å²) in [6.45, 7) is 9.19. The van der Waals surface area contributed by atoms with E-state index in [1.165, 1.54) is 6.07 Å². The van der Waals surface area contributed by atoms with Gasteiger partial charge in [0.2, 0.25) is 0 Å². The van der Waals surface area contributed by atoms with Crippen LogP contribution in [0.4, 0.5) is 11.6 Å². The lowest BCUT2D eigenvalue weighted by Gasteiger charge is -2.10. The third-order valence-corrected chi connectivity index (χ3v) is 4.39. The van der Waals surface area contributed by atoms with Crippen LogP contribution in [0.3, 0.4) is 0 Å². The molecule has 3 aromatic rings.